The van der Waals surface area contributed by atoms with Crippen molar-refractivity contribution in [2.45, 2.75) is 12.5 Å². The third-order valence-electron chi connectivity index (χ3n) is 4.22. The second kappa shape index (κ2) is 8.65. The smallest absolute Gasteiger partial charge is 0.244 e. The van der Waals surface area contributed by atoms with Crippen LogP contribution in [-0.4, -0.2) is 17.6 Å². The number of benzene rings is 3. The van der Waals surface area contributed by atoms with Gasteiger partial charge in [0, 0.05) is 17.6 Å². The molecule has 1 atom stereocenters. The molecular formula is C22H20ClNO2. The Kier molecular flexibility index (Phi) is 6.05. The standard InChI is InChI=1S/C22H20ClNO2/c23-20-11-4-2-7-17(20)12-13-22(26)24-15-14-21(25)19-10-5-8-16-6-1-3-9-18(16)19/h1-13,21,25H,14-15H2,(H,24,26)/b13-12+. The lowest BCUT2D eigenvalue weighted by Gasteiger charge is -2.14. The molecule has 4 heteroatoms. The SMILES string of the molecule is O=C(/C=C/c1ccccc1Cl)NCCC(O)c1cccc2ccccc12. The van der Waals surface area contributed by atoms with Crippen LogP contribution in [0.5, 0.6) is 0 Å². The fourth-order valence-corrected chi connectivity index (χ4v) is 3.06. The van der Waals surface area contributed by atoms with Crippen LogP contribution in [0.1, 0.15) is 23.7 Å². The van der Waals surface area contributed by atoms with Gasteiger partial charge in [0.05, 0.1) is 6.10 Å². The molecule has 3 aromatic rings. The van der Waals surface area contributed by atoms with E-state index in [-0.39, 0.29) is 5.91 Å². The van der Waals surface area contributed by atoms with Crippen molar-refractivity contribution in [1.82, 2.24) is 5.32 Å². The molecule has 3 aromatic carbocycles. The lowest BCUT2D eigenvalue weighted by molar-refractivity contribution is -0.116. The first-order chi connectivity index (χ1) is 12.6. The first-order valence-electron chi connectivity index (χ1n) is 8.51. The minimum absolute atomic E-state index is 0.213. The number of carbonyl (C=O) groups is 1. The fraction of sp³-hybridized carbons (Fsp3) is 0.136. The Morgan fingerprint density at radius 1 is 1.04 bits per heavy atom. The van der Waals surface area contributed by atoms with Gasteiger partial charge in [0.15, 0.2) is 0 Å². The summed E-state index contributed by atoms with van der Waals surface area (Å²) in [7, 11) is 0. The van der Waals surface area contributed by atoms with Gasteiger partial charge in [0.25, 0.3) is 0 Å². The van der Waals surface area contributed by atoms with Gasteiger partial charge in [-0.15, -0.1) is 0 Å². The molecule has 0 spiro atoms. The molecule has 0 fully saturated rings. The lowest BCUT2D eigenvalue weighted by Crippen LogP contribution is -2.23. The van der Waals surface area contributed by atoms with Crippen LogP contribution in [0.3, 0.4) is 0 Å². The van der Waals surface area contributed by atoms with Gasteiger partial charge < -0.3 is 10.4 Å². The number of aliphatic hydroxyl groups excluding tert-OH is 1. The van der Waals surface area contributed by atoms with Crippen molar-refractivity contribution in [3.05, 3.63) is 89.0 Å². The van der Waals surface area contributed by atoms with E-state index in [9.17, 15) is 9.90 Å². The minimum atomic E-state index is -0.631. The van der Waals surface area contributed by atoms with Crippen LogP contribution in [0.25, 0.3) is 16.8 Å². The van der Waals surface area contributed by atoms with Gasteiger partial charge in [-0.3, -0.25) is 4.79 Å². The fourth-order valence-electron chi connectivity index (χ4n) is 2.86. The molecule has 0 saturated carbocycles. The van der Waals surface area contributed by atoms with Crippen LogP contribution in [-0.2, 0) is 4.79 Å². The third kappa shape index (κ3) is 4.51. The Balaban J connectivity index is 1.56. The maximum atomic E-state index is 11.9. The van der Waals surface area contributed by atoms with E-state index >= 15 is 0 Å². The molecule has 26 heavy (non-hydrogen) atoms. The van der Waals surface area contributed by atoms with Crippen molar-refractivity contribution >= 4 is 34.4 Å². The minimum Gasteiger partial charge on any atom is -0.388 e. The van der Waals surface area contributed by atoms with Crippen molar-refractivity contribution in [3.63, 3.8) is 0 Å². The predicted octanol–water partition coefficient (Wildman–Crippen LogP) is 4.75. The third-order valence-corrected chi connectivity index (χ3v) is 4.56. The topological polar surface area (TPSA) is 49.3 Å². The van der Waals surface area contributed by atoms with Crippen LogP contribution in [0.2, 0.25) is 5.02 Å². The van der Waals surface area contributed by atoms with Gasteiger partial charge in [-0.05, 0) is 40.5 Å². The quantitative estimate of drug-likeness (QED) is 0.619. The number of hydrogen-bond donors (Lipinski definition) is 2. The predicted molar refractivity (Wildman–Crippen MR) is 107 cm³/mol. The largest absolute Gasteiger partial charge is 0.388 e. The van der Waals surface area contributed by atoms with Gasteiger partial charge >= 0.3 is 0 Å². The molecule has 0 aromatic heterocycles. The van der Waals surface area contributed by atoms with E-state index in [2.05, 4.69) is 5.32 Å². The summed E-state index contributed by atoms with van der Waals surface area (Å²) in [4.78, 5) is 11.9. The zero-order chi connectivity index (χ0) is 18.4. The monoisotopic (exact) mass is 365 g/mol. The number of hydrogen-bond acceptors (Lipinski definition) is 2. The van der Waals surface area contributed by atoms with Gasteiger partial charge in [-0.1, -0.05) is 72.3 Å². The number of fused-ring (bicyclic) bond motifs is 1. The molecule has 1 unspecified atom stereocenters. The summed E-state index contributed by atoms with van der Waals surface area (Å²) < 4.78 is 0. The van der Waals surface area contributed by atoms with Crippen molar-refractivity contribution in [2.24, 2.45) is 0 Å². The van der Waals surface area contributed by atoms with E-state index in [4.69, 9.17) is 11.6 Å². The highest BCUT2D eigenvalue weighted by atomic mass is 35.5. The highest BCUT2D eigenvalue weighted by Gasteiger charge is 2.11. The van der Waals surface area contributed by atoms with Crippen LogP contribution in [0.4, 0.5) is 0 Å². The molecule has 132 valence electrons. The van der Waals surface area contributed by atoms with Crippen LogP contribution < -0.4 is 5.32 Å². The highest BCUT2D eigenvalue weighted by molar-refractivity contribution is 6.32. The normalized spacial score (nSPS) is 12.4. The van der Waals surface area contributed by atoms with E-state index in [1.54, 1.807) is 12.1 Å². The molecule has 0 aliphatic heterocycles. The Bertz CT molecular complexity index is 931. The zero-order valence-corrected chi connectivity index (χ0v) is 15.0. The van der Waals surface area contributed by atoms with E-state index in [1.807, 2.05) is 60.7 Å². The summed E-state index contributed by atoms with van der Waals surface area (Å²) in [6, 6.07) is 21.2. The molecule has 0 bridgehead atoms. The van der Waals surface area contributed by atoms with E-state index in [0.29, 0.717) is 18.0 Å². The number of nitrogens with one attached hydrogen (secondary N) is 1. The van der Waals surface area contributed by atoms with Crippen LogP contribution >= 0.6 is 11.6 Å². The number of carbonyl (C=O) groups excluding carboxylic acids is 1. The number of halogens is 1. The molecular weight excluding hydrogens is 346 g/mol. The summed E-state index contributed by atoms with van der Waals surface area (Å²) in [5, 5.41) is 16.0. The second-order valence-electron chi connectivity index (χ2n) is 6.02. The first-order valence-corrected chi connectivity index (χ1v) is 8.89. The Morgan fingerprint density at radius 3 is 2.62 bits per heavy atom. The molecule has 0 saturated heterocycles. The Hall–Kier alpha value is -2.62. The zero-order valence-electron chi connectivity index (χ0n) is 14.2. The van der Waals surface area contributed by atoms with Gasteiger partial charge in [0.1, 0.15) is 0 Å². The first kappa shape index (κ1) is 18.2. The Morgan fingerprint density at radius 2 is 1.77 bits per heavy atom. The molecule has 2 N–H and O–H groups in total. The van der Waals surface area contributed by atoms with Crippen LogP contribution in [0, 0.1) is 0 Å². The average Bonchev–Trinajstić information content (AvgIpc) is 2.67. The molecule has 0 aliphatic rings. The highest BCUT2D eigenvalue weighted by Crippen LogP contribution is 2.25. The molecule has 3 nitrogen and oxygen atoms in total. The summed E-state index contributed by atoms with van der Waals surface area (Å²) in [6.45, 7) is 0.385. The second-order valence-corrected chi connectivity index (χ2v) is 6.43. The lowest BCUT2D eigenvalue weighted by atomic mass is 9.99. The molecule has 1 amide bonds. The van der Waals surface area contributed by atoms with Crippen molar-refractivity contribution in [3.8, 4) is 0 Å². The number of amides is 1. The molecule has 0 radical (unpaired) electrons. The number of aliphatic hydroxyl groups is 1. The van der Waals surface area contributed by atoms with E-state index < -0.39 is 6.10 Å². The van der Waals surface area contributed by atoms with E-state index in [1.165, 1.54) is 6.08 Å². The summed E-state index contributed by atoms with van der Waals surface area (Å²) in [5.41, 5.74) is 1.67. The summed E-state index contributed by atoms with van der Waals surface area (Å²) in [6.07, 6.45) is 2.94. The van der Waals surface area contributed by atoms with Gasteiger partial charge in [-0.2, -0.15) is 0 Å². The average molecular weight is 366 g/mol. The van der Waals surface area contributed by atoms with Crippen molar-refractivity contribution < 1.29 is 9.90 Å². The summed E-state index contributed by atoms with van der Waals surface area (Å²) in [5.74, 6) is -0.213. The summed E-state index contributed by atoms with van der Waals surface area (Å²) >= 11 is 6.05. The van der Waals surface area contributed by atoms with Gasteiger partial charge in [0.2, 0.25) is 5.91 Å². The number of rotatable bonds is 6. The molecule has 0 heterocycles. The Labute approximate surface area is 157 Å². The van der Waals surface area contributed by atoms with Gasteiger partial charge in [-0.25, -0.2) is 0 Å². The molecule has 0 aliphatic carbocycles. The van der Waals surface area contributed by atoms with Crippen molar-refractivity contribution in [1.29, 1.82) is 0 Å². The maximum absolute atomic E-state index is 11.9. The maximum Gasteiger partial charge on any atom is 0.244 e. The van der Waals surface area contributed by atoms with Crippen LogP contribution in [0.15, 0.2) is 72.8 Å². The van der Waals surface area contributed by atoms with Crippen molar-refractivity contribution in [2.75, 3.05) is 6.54 Å². The molecule has 3 rings (SSSR count). The van der Waals surface area contributed by atoms with E-state index in [0.717, 1.165) is 21.9 Å².